The minimum atomic E-state index is -3.19. The molecule has 0 fully saturated rings. The van der Waals surface area contributed by atoms with Gasteiger partial charge in [0.1, 0.15) is 5.82 Å². The van der Waals surface area contributed by atoms with Gasteiger partial charge in [-0.2, -0.15) is 0 Å². The minimum absolute atomic E-state index is 0.0648. The molecule has 0 aliphatic carbocycles. The van der Waals surface area contributed by atoms with Crippen LogP contribution in [0.5, 0.6) is 0 Å². The van der Waals surface area contributed by atoms with Gasteiger partial charge in [0, 0.05) is 6.20 Å². The van der Waals surface area contributed by atoms with Crippen molar-refractivity contribution in [2.24, 2.45) is 0 Å². The van der Waals surface area contributed by atoms with Crippen LogP contribution in [-0.4, -0.2) is 19.2 Å². The molecule has 0 spiro atoms. The van der Waals surface area contributed by atoms with Gasteiger partial charge in [0.2, 0.25) is 0 Å². The minimum Gasteiger partial charge on any atom is -0.361 e. The van der Waals surface area contributed by atoms with Crippen molar-refractivity contribution in [3.05, 3.63) is 52.6 Å². The fourth-order valence-electron chi connectivity index (χ4n) is 2.23. The molecule has 1 aliphatic rings. The fraction of sp³-hybridized carbons (Fsp3) is 0.154. The molecule has 0 amide bonds. The number of anilines is 1. The lowest BCUT2D eigenvalue weighted by atomic mass is 10.1. The molecule has 98 valence electrons. The lowest BCUT2D eigenvalue weighted by molar-refractivity contribution is 0.598. The van der Waals surface area contributed by atoms with E-state index < -0.39 is 9.84 Å². The van der Waals surface area contributed by atoms with Gasteiger partial charge in [-0.3, -0.25) is 0 Å². The molecule has 1 aliphatic heterocycles. The summed E-state index contributed by atoms with van der Waals surface area (Å²) in [5, 5.41) is 3.18. The predicted octanol–water partition coefficient (Wildman–Crippen LogP) is 2.78. The summed E-state index contributed by atoms with van der Waals surface area (Å²) in [4.78, 5) is 4.63. The van der Waals surface area contributed by atoms with Gasteiger partial charge in [-0.1, -0.05) is 18.2 Å². The Kier molecular flexibility index (Phi) is 3.06. The number of rotatable bonds is 2. The second-order valence-electron chi connectivity index (χ2n) is 4.35. The lowest BCUT2D eigenvalue weighted by Crippen LogP contribution is -2.14. The molecule has 0 radical (unpaired) electrons. The smallest absolute Gasteiger partial charge is 0.181 e. The number of pyridine rings is 1. The number of nitrogens with one attached hydrogen (secondary N) is 1. The Hall–Kier alpha value is -1.40. The Morgan fingerprint density at radius 3 is 2.79 bits per heavy atom. The molecule has 2 aromatic rings. The third kappa shape index (κ3) is 2.26. The summed E-state index contributed by atoms with van der Waals surface area (Å²) in [5.41, 5.74) is 0.806. The van der Waals surface area contributed by atoms with Crippen molar-refractivity contribution in [1.82, 2.24) is 4.98 Å². The van der Waals surface area contributed by atoms with Crippen molar-refractivity contribution >= 4 is 31.6 Å². The first-order valence-electron chi connectivity index (χ1n) is 5.77. The third-order valence-electron chi connectivity index (χ3n) is 3.08. The van der Waals surface area contributed by atoms with Crippen LogP contribution < -0.4 is 5.32 Å². The zero-order valence-electron chi connectivity index (χ0n) is 9.88. The first kappa shape index (κ1) is 12.6. The van der Waals surface area contributed by atoms with Gasteiger partial charge in [0.25, 0.3) is 0 Å². The van der Waals surface area contributed by atoms with Gasteiger partial charge in [0.05, 0.1) is 21.2 Å². The molecule has 2 heterocycles. The van der Waals surface area contributed by atoms with Crippen LogP contribution in [0.2, 0.25) is 0 Å². The van der Waals surface area contributed by atoms with E-state index in [9.17, 15) is 8.42 Å². The molecule has 6 heteroatoms. The number of halogens is 1. The second-order valence-corrected chi connectivity index (χ2v) is 7.21. The van der Waals surface area contributed by atoms with Crippen LogP contribution in [0.4, 0.5) is 5.82 Å². The number of nitrogens with zero attached hydrogens (tertiary/aromatic N) is 1. The zero-order chi connectivity index (χ0) is 13.5. The summed E-state index contributed by atoms with van der Waals surface area (Å²) in [7, 11) is -3.19. The van der Waals surface area contributed by atoms with Crippen molar-refractivity contribution in [2.75, 3.05) is 11.1 Å². The van der Waals surface area contributed by atoms with E-state index in [1.165, 1.54) is 0 Å². The third-order valence-corrected chi connectivity index (χ3v) is 5.54. The van der Waals surface area contributed by atoms with Crippen LogP contribution >= 0.6 is 15.9 Å². The lowest BCUT2D eigenvalue weighted by Gasteiger charge is -2.14. The summed E-state index contributed by atoms with van der Waals surface area (Å²) in [6, 6.07) is 10.5. The van der Waals surface area contributed by atoms with Crippen LogP contribution in [0.25, 0.3) is 0 Å². The number of aromatic nitrogens is 1. The summed E-state index contributed by atoms with van der Waals surface area (Å²) in [6.07, 6.45) is 1.67. The molecule has 3 rings (SSSR count). The van der Waals surface area contributed by atoms with E-state index in [1.807, 2.05) is 24.3 Å². The predicted molar refractivity (Wildman–Crippen MR) is 76.8 cm³/mol. The molecule has 1 aromatic heterocycles. The molecular formula is C13H11BrN2O2S. The van der Waals surface area contributed by atoms with Crippen LogP contribution in [0.1, 0.15) is 11.6 Å². The van der Waals surface area contributed by atoms with Gasteiger partial charge >= 0.3 is 0 Å². The van der Waals surface area contributed by atoms with Crippen molar-refractivity contribution in [3.63, 3.8) is 0 Å². The highest BCUT2D eigenvalue weighted by atomic mass is 79.9. The normalized spacial score (nSPS) is 19.9. The maximum atomic E-state index is 12.1. The van der Waals surface area contributed by atoms with Crippen LogP contribution in [0, 0.1) is 0 Å². The van der Waals surface area contributed by atoms with Crippen molar-refractivity contribution in [1.29, 1.82) is 0 Å². The molecule has 1 atom stereocenters. The first-order valence-corrected chi connectivity index (χ1v) is 8.21. The Bertz CT molecular complexity index is 731. The van der Waals surface area contributed by atoms with Crippen molar-refractivity contribution in [3.8, 4) is 0 Å². The highest BCUT2D eigenvalue weighted by Crippen LogP contribution is 2.36. The summed E-state index contributed by atoms with van der Waals surface area (Å²) < 4.78 is 24.9. The average molecular weight is 339 g/mol. The summed E-state index contributed by atoms with van der Waals surface area (Å²) in [6.45, 7) is 0. The molecule has 0 bridgehead atoms. The van der Waals surface area contributed by atoms with E-state index in [2.05, 4.69) is 26.2 Å². The molecule has 1 aromatic carbocycles. The number of hydrogen-bond acceptors (Lipinski definition) is 4. The maximum absolute atomic E-state index is 12.1. The van der Waals surface area contributed by atoms with E-state index in [0.29, 0.717) is 10.7 Å². The standard InChI is InChI=1S/C13H11BrN2O2S/c14-10-5-3-7-15-13(10)16-11-8-19(17,18)12-6-2-1-4-9(11)12/h1-7,11H,8H2,(H,15,16). The SMILES string of the molecule is O=S1(=O)CC(Nc2ncccc2Br)c2ccccc21. The second kappa shape index (κ2) is 4.61. The van der Waals surface area contributed by atoms with Crippen LogP contribution in [-0.2, 0) is 9.84 Å². The van der Waals surface area contributed by atoms with E-state index in [0.717, 1.165) is 10.0 Å². The van der Waals surface area contributed by atoms with Gasteiger partial charge < -0.3 is 5.32 Å². The van der Waals surface area contributed by atoms with Gasteiger partial charge in [0.15, 0.2) is 9.84 Å². The quantitative estimate of drug-likeness (QED) is 0.914. The zero-order valence-corrected chi connectivity index (χ0v) is 12.3. The Labute approximate surface area is 119 Å². The maximum Gasteiger partial charge on any atom is 0.181 e. The molecule has 1 unspecified atom stereocenters. The highest BCUT2D eigenvalue weighted by Gasteiger charge is 2.34. The Balaban J connectivity index is 1.99. The van der Waals surface area contributed by atoms with E-state index in [4.69, 9.17) is 0 Å². The van der Waals surface area contributed by atoms with Crippen LogP contribution in [0.15, 0.2) is 52.0 Å². The van der Waals surface area contributed by atoms with E-state index in [-0.39, 0.29) is 11.8 Å². The van der Waals surface area contributed by atoms with Gasteiger partial charge in [-0.15, -0.1) is 0 Å². The molecular weight excluding hydrogens is 328 g/mol. The van der Waals surface area contributed by atoms with E-state index >= 15 is 0 Å². The monoisotopic (exact) mass is 338 g/mol. The van der Waals surface area contributed by atoms with E-state index in [1.54, 1.807) is 18.3 Å². The number of benzene rings is 1. The number of sulfone groups is 1. The van der Waals surface area contributed by atoms with Gasteiger partial charge in [-0.25, -0.2) is 13.4 Å². The summed E-state index contributed by atoms with van der Waals surface area (Å²) in [5.74, 6) is 0.717. The van der Waals surface area contributed by atoms with Crippen LogP contribution in [0.3, 0.4) is 0 Å². The molecule has 0 saturated carbocycles. The summed E-state index contributed by atoms with van der Waals surface area (Å²) >= 11 is 3.40. The van der Waals surface area contributed by atoms with Crippen molar-refractivity contribution in [2.45, 2.75) is 10.9 Å². The first-order chi connectivity index (χ1) is 9.08. The van der Waals surface area contributed by atoms with Crippen molar-refractivity contribution < 1.29 is 8.42 Å². The Morgan fingerprint density at radius 1 is 1.21 bits per heavy atom. The molecule has 1 N–H and O–H groups in total. The largest absolute Gasteiger partial charge is 0.361 e. The number of fused-ring (bicyclic) bond motifs is 1. The number of hydrogen-bond donors (Lipinski definition) is 1. The Morgan fingerprint density at radius 2 is 2.00 bits per heavy atom. The topological polar surface area (TPSA) is 59.1 Å². The highest BCUT2D eigenvalue weighted by molar-refractivity contribution is 9.10. The molecule has 19 heavy (non-hydrogen) atoms. The average Bonchev–Trinajstić information content (AvgIpc) is 2.65. The van der Waals surface area contributed by atoms with Gasteiger partial charge in [-0.05, 0) is 39.7 Å². The fourth-order valence-corrected chi connectivity index (χ4v) is 4.33. The molecule has 4 nitrogen and oxygen atoms in total. The molecule has 0 saturated heterocycles.